The fourth-order valence-corrected chi connectivity index (χ4v) is 3.36. The van der Waals surface area contributed by atoms with Crippen LogP contribution in [0, 0.1) is 17.8 Å². The monoisotopic (exact) mass is 272 g/mol. The third-order valence-corrected chi connectivity index (χ3v) is 4.97. The first-order valence-corrected chi connectivity index (χ1v) is 7.94. The number of Topliss-reactive ketones (excluding diaryl/α,β-unsaturated/α-hetero) is 1. The van der Waals surface area contributed by atoms with Gasteiger partial charge in [-0.15, -0.1) is 0 Å². The highest BCUT2D eigenvalue weighted by atomic mass is 16.1. The topological polar surface area (TPSA) is 17.1 Å². The van der Waals surface area contributed by atoms with Gasteiger partial charge in [0.25, 0.3) is 0 Å². The van der Waals surface area contributed by atoms with Crippen molar-refractivity contribution in [2.45, 2.75) is 59.3 Å². The molecule has 0 heterocycles. The maximum absolute atomic E-state index is 12.9. The molecule has 1 saturated carbocycles. The van der Waals surface area contributed by atoms with Gasteiger partial charge in [-0.3, -0.25) is 4.79 Å². The Morgan fingerprint density at radius 3 is 2.30 bits per heavy atom. The van der Waals surface area contributed by atoms with E-state index in [2.05, 4.69) is 40.7 Å². The number of hydrogen-bond acceptors (Lipinski definition) is 1. The zero-order chi connectivity index (χ0) is 14.9. The molecule has 1 aliphatic carbocycles. The summed E-state index contributed by atoms with van der Waals surface area (Å²) in [7, 11) is 0. The molecule has 1 aromatic rings. The number of carbonyl (C=O) groups excluding carboxylic acids is 1. The van der Waals surface area contributed by atoms with Crippen molar-refractivity contribution in [2.24, 2.45) is 17.8 Å². The van der Waals surface area contributed by atoms with Gasteiger partial charge >= 0.3 is 0 Å². The second-order valence-corrected chi connectivity index (χ2v) is 7.62. The Morgan fingerprint density at radius 1 is 1.05 bits per heavy atom. The van der Waals surface area contributed by atoms with E-state index in [1.165, 1.54) is 12.0 Å². The van der Waals surface area contributed by atoms with Gasteiger partial charge in [-0.2, -0.15) is 0 Å². The highest BCUT2D eigenvalue weighted by Crippen LogP contribution is 2.36. The van der Waals surface area contributed by atoms with Gasteiger partial charge in [-0.25, -0.2) is 0 Å². The van der Waals surface area contributed by atoms with Gasteiger partial charge in [0.2, 0.25) is 0 Å². The molecular weight excluding hydrogens is 244 g/mol. The first-order valence-electron chi connectivity index (χ1n) is 7.94. The quantitative estimate of drug-likeness (QED) is 0.673. The number of ketones is 1. The van der Waals surface area contributed by atoms with Crippen LogP contribution in [-0.2, 0) is 5.41 Å². The molecule has 1 fully saturated rings. The van der Waals surface area contributed by atoms with E-state index < -0.39 is 0 Å². The Labute approximate surface area is 123 Å². The molecule has 3 unspecified atom stereocenters. The Morgan fingerprint density at radius 2 is 1.70 bits per heavy atom. The average Bonchev–Trinajstić information content (AvgIpc) is 2.40. The van der Waals surface area contributed by atoms with Gasteiger partial charge in [0, 0.05) is 11.5 Å². The molecule has 0 aromatic heterocycles. The van der Waals surface area contributed by atoms with Gasteiger partial charge in [0.1, 0.15) is 0 Å². The van der Waals surface area contributed by atoms with Crippen molar-refractivity contribution in [3.8, 4) is 0 Å². The zero-order valence-electron chi connectivity index (χ0n) is 13.6. The molecule has 0 aliphatic heterocycles. The van der Waals surface area contributed by atoms with Crippen molar-refractivity contribution in [3.05, 3.63) is 35.4 Å². The third kappa shape index (κ3) is 3.13. The van der Waals surface area contributed by atoms with Gasteiger partial charge in [-0.1, -0.05) is 58.9 Å². The molecule has 0 N–H and O–H groups in total. The predicted octanol–water partition coefficient (Wildman–Crippen LogP) is 5.24. The van der Waals surface area contributed by atoms with E-state index in [4.69, 9.17) is 0 Å². The molecular formula is C19H28O. The zero-order valence-corrected chi connectivity index (χ0v) is 13.6. The molecule has 110 valence electrons. The highest BCUT2D eigenvalue weighted by Gasteiger charge is 2.31. The Hall–Kier alpha value is -1.11. The summed E-state index contributed by atoms with van der Waals surface area (Å²) in [6, 6.07) is 8.17. The fraction of sp³-hybridized carbons (Fsp3) is 0.632. The lowest BCUT2D eigenvalue weighted by Crippen LogP contribution is -2.28. The lowest BCUT2D eigenvalue weighted by atomic mass is 9.72. The lowest BCUT2D eigenvalue weighted by Gasteiger charge is -2.32. The second-order valence-electron chi connectivity index (χ2n) is 7.62. The van der Waals surface area contributed by atoms with Crippen molar-refractivity contribution in [1.82, 2.24) is 0 Å². The molecule has 1 aromatic carbocycles. The molecule has 20 heavy (non-hydrogen) atoms. The summed E-state index contributed by atoms with van der Waals surface area (Å²) < 4.78 is 0. The molecule has 2 rings (SSSR count). The number of carbonyl (C=O) groups is 1. The Kier molecular flexibility index (Phi) is 4.36. The first-order chi connectivity index (χ1) is 9.30. The summed E-state index contributed by atoms with van der Waals surface area (Å²) in [5, 5.41) is 0. The maximum atomic E-state index is 12.9. The van der Waals surface area contributed by atoms with Crippen LogP contribution >= 0.6 is 0 Å². The molecule has 0 spiro atoms. The Bertz CT molecular complexity index is 481. The van der Waals surface area contributed by atoms with Crippen LogP contribution in [0.2, 0.25) is 0 Å². The van der Waals surface area contributed by atoms with Crippen LogP contribution < -0.4 is 0 Å². The summed E-state index contributed by atoms with van der Waals surface area (Å²) in [5.74, 6) is 2.02. The van der Waals surface area contributed by atoms with E-state index in [9.17, 15) is 4.79 Å². The van der Waals surface area contributed by atoms with Crippen LogP contribution in [0.1, 0.15) is 69.8 Å². The first kappa shape index (κ1) is 15.3. The van der Waals surface area contributed by atoms with Crippen molar-refractivity contribution in [2.75, 3.05) is 0 Å². The van der Waals surface area contributed by atoms with Gasteiger partial charge in [-0.05, 0) is 42.1 Å². The van der Waals surface area contributed by atoms with Crippen LogP contribution in [0.25, 0.3) is 0 Å². The van der Waals surface area contributed by atoms with Crippen molar-refractivity contribution in [3.63, 3.8) is 0 Å². The summed E-state index contributed by atoms with van der Waals surface area (Å²) in [6.07, 6.45) is 3.30. The van der Waals surface area contributed by atoms with Crippen molar-refractivity contribution in [1.29, 1.82) is 0 Å². The number of rotatable bonds is 2. The van der Waals surface area contributed by atoms with Crippen LogP contribution in [0.4, 0.5) is 0 Å². The molecule has 1 heteroatoms. The molecule has 3 atom stereocenters. The lowest BCUT2D eigenvalue weighted by molar-refractivity contribution is 0.0835. The third-order valence-electron chi connectivity index (χ3n) is 4.97. The molecule has 0 bridgehead atoms. The SMILES string of the molecule is CC1CCC(C(=O)c2ccccc2C(C)(C)C)CC1C. The van der Waals surface area contributed by atoms with E-state index in [0.29, 0.717) is 11.7 Å². The summed E-state index contributed by atoms with van der Waals surface area (Å²) in [5.41, 5.74) is 2.17. The molecule has 0 radical (unpaired) electrons. The van der Waals surface area contributed by atoms with Crippen LogP contribution in [0.15, 0.2) is 24.3 Å². The minimum atomic E-state index is 0.0276. The largest absolute Gasteiger partial charge is 0.294 e. The van der Waals surface area contributed by atoms with E-state index in [1.807, 2.05) is 18.2 Å². The summed E-state index contributed by atoms with van der Waals surface area (Å²) >= 11 is 0. The standard InChI is InChI=1S/C19H28O/c1-13-10-11-15(12-14(13)2)18(20)16-8-6-7-9-17(16)19(3,4)5/h6-9,13-15H,10-12H2,1-5H3. The number of benzene rings is 1. The fourth-order valence-electron chi connectivity index (χ4n) is 3.36. The number of hydrogen-bond donors (Lipinski definition) is 0. The second kappa shape index (κ2) is 5.71. The van der Waals surface area contributed by atoms with Crippen LogP contribution in [0.5, 0.6) is 0 Å². The average molecular weight is 272 g/mol. The maximum Gasteiger partial charge on any atom is 0.166 e. The molecule has 0 amide bonds. The smallest absolute Gasteiger partial charge is 0.166 e. The Balaban J connectivity index is 2.26. The van der Waals surface area contributed by atoms with E-state index in [0.717, 1.165) is 24.3 Å². The van der Waals surface area contributed by atoms with E-state index >= 15 is 0 Å². The van der Waals surface area contributed by atoms with Gasteiger partial charge < -0.3 is 0 Å². The normalized spacial score (nSPS) is 27.4. The summed E-state index contributed by atoms with van der Waals surface area (Å²) in [6.45, 7) is 11.2. The van der Waals surface area contributed by atoms with E-state index in [1.54, 1.807) is 0 Å². The van der Waals surface area contributed by atoms with Gasteiger partial charge in [0.15, 0.2) is 5.78 Å². The van der Waals surface area contributed by atoms with Gasteiger partial charge in [0.05, 0.1) is 0 Å². The van der Waals surface area contributed by atoms with Crippen LogP contribution in [0.3, 0.4) is 0 Å². The van der Waals surface area contributed by atoms with Crippen molar-refractivity contribution >= 4 is 5.78 Å². The minimum Gasteiger partial charge on any atom is -0.294 e. The molecule has 1 nitrogen and oxygen atoms in total. The van der Waals surface area contributed by atoms with E-state index in [-0.39, 0.29) is 11.3 Å². The van der Waals surface area contributed by atoms with Crippen LogP contribution in [-0.4, -0.2) is 5.78 Å². The molecule has 1 aliphatic rings. The highest BCUT2D eigenvalue weighted by molar-refractivity contribution is 5.99. The summed E-state index contributed by atoms with van der Waals surface area (Å²) in [4.78, 5) is 12.9. The molecule has 0 saturated heterocycles. The van der Waals surface area contributed by atoms with Crippen molar-refractivity contribution < 1.29 is 4.79 Å². The predicted molar refractivity (Wildman–Crippen MR) is 85.1 cm³/mol. The minimum absolute atomic E-state index is 0.0276.